The molecule has 0 spiro atoms. The van der Waals surface area contributed by atoms with Crippen molar-refractivity contribution >= 4 is 0 Å². The van der Waals surface area contributed by atoms with Crippen molar-refractivity contribution in [1.29, 1.82) is 0 Å². The van der Waals surface area contributed by atoms with Crippen LogP contribution in [0.3, 0.4) is 0 Å². The highest BCUT2D eigenvalue weighted by atomic mass is 14.9. The molecular weight excluding hydrogens is 170 g/mol. The number of nitrogens with one attached hydrogen (secondary N) is 1. The van der Waals surface area contributed by atoms with Crippen LogP contribution in [0.1, 0.15) is 42.0 Å². The Bertz CT molecular complexity index is 311. The van der Waals surface area contributed by atoms with Crippen molar-refractivity contribution in [2.24, 2.45) is 0 Å². The Balaban J connectivity index is 2.22. The summed E-state index contributed by atoms with van der Waals surface area (Å²) in [6.45, 7) is 5.56. The summed E-state index contributed by atoms with van der Waals surface area (Å²) < 4.78 is 0. The predicted molar refractivity (Wildman–Crippen MR) is 60.5 cm³/mol. The zero-order chi connectivity index (χ0) is 9.97. The molecule has 0 unspecified atom stereocenters. The van der Waals surface area contributed by atoms with E-state index in [-0.39, 0.29) is 0 Å². The molecule has 1 saturated heterocycles. The molecule has 1 aliphatic heterocycles. The van der Waals surface area contributed by atoms with Crippen molar-refractivity contribution in [3.8, 4) is 0 Å². The van der Waals surface area contributed by atoms with Gasteiger partial charge in [-0.25, -0.2) is 0 Å². The summed E-state index contributed by atoms with van der Waals surface area (Å²) in [7, 11) is 0. The SMILES string of the molecule is Cc1ccc([C@H]2CCCCN2)c(C)c1. The fourth-order valence-electron chi connectivity index (χ4n) is 2.33. The van der Waals surface area contributed by atoms with Crippen LogP contribution in [0.15, 0.2) is 18.2 Å². The van der Waals surface area contributed by atoms with E-state index in [2.05, 4.69) is 37.4 Å². The highest BCUT2D eigenvalue weighted by Gasteiger charge is 2.15. The van der Waals surface area contributed by atoms with Crippen LogP contribution in [0.2, 0.25) is 0 Å². The fraction of sp³-hybridized carbons (Fsp3) is 0.538. The van der Waals surface area contributed by atoms with Gasteiger partial charge in [-0.15, -0.1) is 0 Å². The lowest BCUT2D eigenvalue weighted by Gasteiger charge is -2.25. The molecule has 2 rings (SSSR count). The molecule has 0 aliphatic carbocycles. The van der Waals surface area contributed by atoms with E-state index in [0.717, 1.165) is 0 Å². The largest absolute Gasteiger partial charge is 0.310 e. The summed E-state index contributed by atoms with van der Waals surface area (Å²) in [4.78, 5) is 0. The Morgan fingerprint density at radius 2 is 2.07 bits per heavy atom. The number of hydrogen-bond donors (Lipinski definition) is 1. The van der Waals surface area contributed by atoms with Gasteiger partial charge in [-0.1, -0.05) is 30.2 Å². The van der Waals surface area contributed by atoms with Crippen LogP contribution < -0.4 is 5.32 Å². The molecule has 0 radical (unpaired) electrons. The molecule has 1 N–H and O–H groups in total. The Morgan fingerprint density at radius 3 is 2.71 bits per heavy atom. The smallest absolute Gasteiger partial charge is 0.0322 e. The van der Waals surface area contributed by atoms with Crippen LogP contribution in [0, 0.1) is 13.8 Å². The van der Waals surface area contributed by atoms with Gasteiger partial charge >= 0.3 is 0 Å². The first-order valence-corrected chi connectivity index (χ1v) is 5.58. The summed E-state index contributed by atoms with van der Waals surface area (Å²) in [5.74, 6) is 0. The standard InChI is InChI=1S/C13H19N/c1-10-6-7-12(11(2)9-10)13-5-3-4-8-14-13/h6-7,9,13-14H,3-5,8H2,1-2H3/t13-/m1/s1. The van der Waals surface area contributed by atoms with E-state index >= 15 is 0 Å². The second kappa shape index (κ2) is 4.14. The second-order valence-corrected chi connectivity index (χ2v) is 4.36. The van der Waals surface area contributed by atoms with Crippen LogP contribution in [-0.2, 0) is 0 Å². The Hall–Kier alpha value is -0.820. The first-order valence-electron chi connectivity index (χ1n) is 5.58. The van der Waals surface area contributed by atoms with E-state index in [1.165, 1.54) is 42.5 Å². The number of aryl methyl sites for hydroxylation is 2. The van der Waals surface area contributed by atoms with Crippen LogP contribution in [0.4, 0.5) is 0 Å². The molecule has 1 aromatic rings. The maximum Gasteiger partial charge on any atom is 0.0322 e. The lowest BCUT2D eigenvalue weighted by atomic mass is 9.93. The first kappa shape index (κ1) is 9.72. The van der Waals surface area contributed by atoms with Gasteiger partial charge in [0.25, 0.3) is 0 Å². The lowest BCUT2D eigenvalue weighted by Crippen LogP contribution is -2.27. The van der Waals surface area contributed by atoms with E-state index in [0.29, 0.717) is 6.04 Å². The molecule has 0 bridgehead atoms. The molecule has 1 fully saturated rings. The second-order valence-electron chi connectivity index (χ2n) is 4.36. The fourth-order valence-corrected chi connectivity index (χ4v) is 2.33. The van der Waals surface area contributed by atoms with Crippen LogP contribution in [-0.4, -0.2) is 6.54 Å². The maximum absolute atomic E-state index is 3.60. The van der Waals surface area contributed by atoms with Crippen molar-refractivity contribution in [3.63, 3.8) is 0 Å². The summed E-state index contributed by atoms with van der Waals surface area (Å²) in [6, 6.07) is 7.39. The first-order chi connectivity index (χ1) is 6.77. The molecule has 0 amide bonds. The third kappa shape index (κ3) is 1.98. The molecule has 1 heterocycles. The molecule has 1 aliphatic rings. The van der Waals surface area contributed by atoms with Gasteiger partial charge in [0, 0.05) is 6.04 Å². The lowest BCUT2D eigenvalue weighted by molar-refractivity contribution is 0.411. The summed E-state index contributed by atoms with van der Waals surface area (Å²) in [6.07, 6.45) is 4.00. The minimum Gasteiger partial charge on any atom is -0.310 e. The summed E-state index contributed by atoms with van der Waals surface area (Å²) in [5, 5.41) is 3.60. The highest BCUT2D eigenvalue weighted by molar-refractivity contribution is 5.32. The molecule has 14 heavy (non-hydrogen) atoms. The Labute approximate surface area is 86.5 Å². The molecule has 1 aromatic carbocycles. The van der Waals surface area contributed by atoms with Gasteiger partial charge in [-0.3, -0.25) is 0 Å². The highest BCUT2D eigenvalue weighted by Crippen LogP contribution is 2.25. The molecule has 1 heteroatoms. The normalized spacial score (nSPS) is 22.3. The van der Waals surface area contributed by atoms with E-state index in [1.54, 1.807) is 0 Å². The average Bonchev–Trinajstić information content (AvgIpc) is 2.19. The van der Waals surface area contributed by atoms with E-state index in [4.69, 9.17) is 0 Å². The van der Waals surface area contributed by atoms with Gasteiger partial charge in [0.15, 0.2) is 0 Å². The van der Waals surface area contributed by atoms with E-state index in [9.17, 15) is 0 Å². The predicted octanol–water partition coefficient (Wildman–Crippen LogP) is 3.12. The third-order valence-electron chi connectivity index (χ3n) is 3.11. The number of rotatable bonds is 1. The van der Waals surface area contributed by atoms with Crippen LogP contribution >= 0.6 is 0 Å². The van der Waals surface area contributed by atoms with Crippen molar-refractivity contribution in [2.45, 2.75) is 39.2 Å². The van der Waals surface area contributed by atoms with Crippen LogP contribution in [0.25, 0.3) is 0 Å². The van der Waals surface area contributed by atoms with Crippen molar-refractivity contribution in [2.75, 3.05) is 6.54 Å². The minimum atomic E-state index is 0.601. The molecule has 0 saturated carbocycles. The Morgan fingerprint density at radius 1 is 1.21 bits per heavy atom. The van der Waals surface area contributed by atoms with Gasteiger partial charge in [-0.05, 0) is 44.4 Å². The molecule has 1 atom stereocenters. The molecule has 76 valence electrons. The zero-order valence-corrected chi connectivity index (χ0v) is 9.14. The third-order valence-corrected chi connectivity index (χ3v) is 3.11. The summed E-state index contributed by atoms with van der Waals surface area (Å²) in [5.41, 5.74) is 4.29. The van der Waals surface area contributed by atoms with Crippen LogP contribution in [0.5, 0.6) is 0 Å². The van der Waals surface area contributed by atoms with Gasteiger partial charge in [0.2, 0.25) is 0 Å². The molecule has 0 aromatic heterocycles. The number of benzene rings is 1. The van der Waals surface area contributed by atoms with Gasteiger partial charge < -0.3 is 5.32 Å². The topological polar surface area (TPSA) is 12.0 Å². The van der Waals surface area contributed by atoms with E-state index in [1.807, 2.05) is 0 Å². The van der Waals surface area contributed by atoms with Gasteiger partial charge in [-0.2, -0.15) is 0 Å². The molecule has 1 nitrogen and oxygen atoms in total. The van der Waals surface area contributed by atoms with Gasteiger partial charge in [0.1, 0.15) is 0 Å². The number of piperidine rings is 1. The zero-order valence-electron chi connectivity index (χ0n) is 9.14. The van der Waals surface area contributed by atoms with Crippen molar-refractivity contribution in [3.05, 3.63) is 34.9 Å². The average molecular weight is 189 g/mol. The minimum absolute atomic E-state index is 0.601. The van der Waals surface area contributed by atoms with Gasteiger partial charge in [0.05, 0.1) is 0 Å². The van der Waals surface area contributed by atoms with Crippen molar-refractivity contribution in [1.82, 2.24) is 5.32 Å². The maximum atomic E-state index is 3.60. The van der Waals surface area contributed by atoms with E-state index < -0.39 is 0 Å². The molecular formula is C13H19N. The number of hydrogen-bond acceptors (Lipinski definition) is 1. The monoisotopic (exact) mass is 189 g/mol. The summed E-state index contributed by atoms with van der Waals surface area (Å²) >= 11 is 0. The quantitative estimate of drug-likeness (QED) is 0.715. The van der Waals surface area contributed by atoms with Crippen molar-refractivity contribution < 1.29 is 0 Å². The Kier molecular flexibility index (Phi) is 2.87.